The van der Waals surface area contributed by atoms with Crippen LogP contribution in [0.5, 0.6) is 0 Å². The van der Waals surface area contributed by atoms with Gasteiger partial charge >= 0.3 is 0 Å². The maximum absolute atomic E-state index is 12.0. The summed E-state index contributed by atoms with van der Waals surface area (Å²) in [6.45, 7) is 0. The number of amides is 2. The van der Waals surface area contributed by atoms with Gasteiger partial charge < -0.3 is 0 Å². The summed E-state index contributed by atoms with van der Waals surface area (Å²) in [5.74, 6) is -1.04. The summed E-state index contributed by atoms with van der Waals surface area (Å²) in [6.07, 6.45) is 4.54. The van der Waals surface area contributed by atoms with Crippen molar-refractivity contribution in [3.63, 3.8) is 0 Å². The molecule has 2 amide bonds. The zero-order valence-corrected chi connectivity index (χ0v) is 14.3. The second-order valence-corrected chi connectivity index (χ2v) is 5.74. The van der Waals surface area contributed by atoms with Crippen LogP contribution in [0.1, 0.15) is 16.1 Å². The molecule has 0 aliphatic rings. The Morgan fingerprint density at radius 2 is 1.80 bits per heavy atom. The molecule has 0 radical (unpaired) electrons. The number of carbonyl (C=O) groups is 2. The maximum atomic E-state index is 12.0. The third-order valence-electron chi connectivity index (χ3n) is 3.33. The molecule has 0 unspecified atom stereocenters. The molecule has 126 valence electrons. The van der Waals surface area contributed by atoms with Crippen molar-refractivity contribution in [1.29, 1.82) is 0 Å². The third-order valence-corrected chi connectivity index (χ3v) is 3.94. The van der Waals surface area contributed by atoms with Gasteiger partial charge in [-0.15, -0.1) is 0 Å². The van der Waals surface area contributed by atoms with Gasteiger partial charge in [-0.3, -0.25) is 24.8 Å². The Kier molecular flexibility index (Phi) is 5.02. The molecule has 0 bridgehead atoms. The molecule has 0 saturated carbocycles. The minimum absolute atomic E-state index is 0.262. The van der Waals surface area contributed by atoms with Gasteiger partial charge in [0, 0.05) is 12.3 Å². The first kappa shape index (κ1) is 17.0. The van der Waals surface area contributed by atoms with Crippen molar-refractivity contribution in [3.05, 3.63) is 76.2 Å². The molecule has 0 spiro atoms. The van der Waals surface area contributed by atoms with Gasteiger partial charge in [-0.1, -0.05) is 41.4 Å². The SMILES string of the molecule is O=C(/C=C/c1c(Cl)nc2ccccn12)NNC(=O)c1ccccc1Cl. The predicted molar refractivity (Wildman–Crippen MR) is 96.3 cm³/mol. The van der Waals surface area contributed by atoms with Gasteiger partial charge in [0.1, 0.15) is 5.65 Å². The highest BCUT2D eigenvalue weighted by atomic mass is 35.5. The lowest BCUT2D eigenvalue weighted by molar-refractivity contribution is -0.117. The Morgan fingerprint density at radius 1 is 1.04 bits per heavy atom. The van der Waals surface area contributed by atoms with E-state index >= 15 is 0 Å². The summed E-state index contributed by atoms with van der Waals surface area (Å²) in [5.41, 5.74) is 6.06. The molecule has 1 aromatic carbocycles. The van der Waals surface area contributed by atoms with Crippen LogP contribution in [0.3, 0.4) is 0 Å². The minimum Gasteiger partial charge on any atom is -0.299 e. The molecule has 0 atom stereocenters. The number of hydrazine groups is 1. The van der Waals surface area contributed by atoms with E-state index in [9.17, 15) is 9.59 Å². The molecule has 8 heteroatoms. The highest BCUT2D eigenvalue weighted by molar-refractivity contribution is 6.33. The van der Waals surface area contributed by atoms with Crippen LogP contribution in [-0.4, -0.2) is 21.2 Å². The molecular weight excluding hydrogens is 363 g/mol. The second kappa shape index (κ2) is 7.38. The molecule has 2 heterocycles. The lowest BCUT2D eigenvalue weighted by Gasteiger charge is -2.06. The van der Waals surface area contributed by atoms with Crippen molar-refractivity contribution in [2.24, 2.45) is 0 Å². The normalized spacial score (nSPS) is 11.0. The van der Waals surface area contributed by atoms with Gasteiger partial charge in [0.05, 0.1) is 16.3 Å². The molecule has 6 nitrogen and oxygen atoms in total. The summed E-state index contributed by atoms with van der Waals surface area (Å²) >= 11 is 12.0. The summed E-state index contributed by atoms with van der Waals surface area (Å²) in [6, 6.07) is 12.0. The van der Waals surface area contributed by atoms with Crippen LogP contribution in [-0.2, 0) is 4.79 Å². The average Bonchev–Trinajstić information content (AvgIpc) is 2.93. The Hall–Kier alpha value is -2.83. The molecule has 25 heavy (non-hydrogen) atoms. The van der Waals surface area contributed by atoms with Crippen molar-refractivity contribution >= 4 is 46.7 Å². The summed E-state index contributed by atoms with van der Waals surface area (Å²) in [7, 11) is 0. The number of hydrogen-bond acceptors (Lipinski definition) is 3. The van der Waals surface area contributed by atoms with Crippen molar-refractivity contribution in [2.75, 3.05) is 0 Å². The van der Waals surface area contributed by atoms with Gasteiger partial charge in [0.15, 0.2) is 5.15 Å². The highest BCUT2D eigenvalue weighted by Gasteiger charge is 2.10. The van der Waals surface area contributed by atoms with Gasteiger partial charge in [-0.25, -0.2) is 4.98 Å². The smallest absolute Gasteiger partial charge is 0.271 e. The summed E-state index contributed by atoms with van der Waals surface area (Å²) < 4.78 is 1.74. The van der Waals surface area contributed by atoms with Crippen LogP contribution in [0, 0.1) is 0 Å². The number of carbonyl (C=O) groups excluding carboxylic acids is 2. The van der Waals surface area contributed by atoms with Gasteiger partial charge in [-0.05, 0) is 30.3 Å². The van der Waals surface area contributed by atoms with E-state index in [4.69, 9.17) is 23.2 Å². The van der Waals surface area contributed by atoms with Crippen LogP contribution in [0.25, 0.3) is 11.7 Å². The van der Waals surface area contributed by atoms with E-state index in [1.807, 2.05) is 12.1 Å². The Labute approximate surface area is 153 Å². The predicted octanol–water partition coefficient (Wildman–Crippen LogP) is 3.12. The molecular formula is C17H12Cl2N4O2. The highest BCUT2D eigenvalue weighted by Crippen LogP contribution is 2.18. The van der Waals surface area contributed by atoms with Gasteiger partial charge in [0.25, 0.3) is 11.8 Å². The van der Waals surface area contributed by atoms with Crippen molar-refractivity contribution in [2.45, 2.75) is 0 Å². The van der Waals surface area contributed by atoms with Crippen LogP contribution < -0.4 is 10.9 Å². The lowest BCUT2D eigenvalue weighted by Crippen LogP contribution is -2.40. The first-order valence-electron chi connectivity index (χ1n) is 7.22. The standard InChI is InChI=1S/C17H12Cl2N4O2/c18-12-6-2-1-5-11(12)17(25)22-21-15(24)9-8-13-16(19)20-14-7-3-4-10-23(13)14/h1-10H,(H,21,24)(H,22,25)/b9-8+. The van der Waals surface area contributed by atoms with E-state index in [2.05, 4.69) is 15.8 Å². The number of imidazole rings is 1. The average molecular weight is 375 g/mol. The van der Waals surface area contributed by atoms with Crippen LogP contribution in [0.4, 0.5) is 0 Å². The number of aromatic nitrogens is 2. The lowest BCUT2D eigenvalue weighted by atomic mass is 10.2. The van der Waals surface area contributed by atoms with Crippen LogP contribution >= 0.6 is 23.2 Å². The van der Waals surface area contributed by atoms with E-state index < -0.39 is 11.8 Å². The number of nitrogens with one attached hydrogen (secondary N) is 2. The van der Waals surface area contributed by atoms with E-state index in [1.54, 1.807) is 40.9 Å². The molecule has 0 fully saturated rings. The second-order valence-electron chi connectivity index (χ2n) is 4.97. The molecule has 0 aliphatic heterocycles. The van der Waals surface area contributed by atoms with Crippen LogP contribution in [0.2, 0.25) is 10.2 Å². The number of fused-ring (bicyclic) bond motifs is 1. The van der Waals surface area contributed by atoms with E-state index in [1.165, 1.54) is 12.2 Å². The quantitative estimate of drug-likeness (QED) is 0.546. The first-order chi connectivity index (χ1) is 12.1. The maximum Gasteiger partial charge on any atom is 0.271 e. The molecule has 0 aliphatic carbocycles. The zero-order valence-electron chi connectivity index (χ0n) is 12.7. The number of pyridine rings is 1. The molecule has 0 saturated heterocycles. The van der Waals surface area contributed by atoms with Gasteiger partial charge in [-0.2, -0.15) is 0 Å². The summed E-state index contributed by atoms with van der Waals surface area (Å²) in [5, 5.41) is 0.567. The molecule has 2 N–H and O–H groups in total. The van der Waals surface area contributed by atoms with E-state index in [0.717, 1.165) is 0 Å². The largest absolute Gasteiger partial charge is 0.299 e. The minimum atomic E-state index is -0.526. The Bertz CT molecular complexity index is 982. The summed E-state index contributed by atoms with van der Waals surface area (Å²) in [4.78, 5) is 28.0. The first-order valence-corrected chi connectivity index (χ1v) is 7.97. The molecule has 3 rings (SSSR count). The van der Waals surface area contributed by atoms with Crippen molar-refractivity contribution in [3.8, 4) is 0 Å². The number of hydrogen-bond donors (Lipinski definition) is 2. The van der Waals surface area contributed by atoms with Crippen molar-refractivity contribution < 1.29 is 9.59 Å². The fraction of sp³-hybridized carbons (Fsp3) is 0. The monoisotopic (exact) mass is 374 g/mol. The van der Waals surface area contributed by atoms with Crippen molar-refractivity contribution in [1.82, 2.24) is 20.2 Å². The Morgan fingerprint density at radius 3 is 2.60 bits per heavy atom. The van der Waals surface area contributed by atoms with E-state index in [-0.39, 0.29) is 10.7 Å². The van der Waals surface area contributed by atoms with Crippen LogP contribution in [0.15, 0.2) is 54.7 Å². The zero-order chi connectivity index (χ0) is 17.8. The number of benzene rings is 1. The fourth-order valence-corrected chi connectivity index (χ4v) is 2.62. The van der Waals surface area contributed by atoms with E-state index in [0.29, 0.717) is 16.4 Å². The number of nitrogens with zero attached hydrogens (tertiary/aromatic N) is 2. The Balaban J connectivity index is 1.66. The third kappa shape index (κ3) is 3.81. The molecule has 2 aromatic heterocycles. The topological polar surface area (TPSA) is 75.5 Å². The molecule has 3 aromatic rings. The number of halogens is 2. The fourth-order valence-electron chi connectivity index (χ4n) is 2.16. The number of rotatable bonds is 3. The van der Waals surface area contributed by atoms with Gasteiger partial charge in [0.2, 0.25) is 0 Å².